The maximum Gasteiger partial charge on any atom is 0.325 e. The Labute approximate surface area is 138 Å². The number of carbonyl (C=O) groups is 2. The highest BCUT2D eigenvalue weighted by molar-refractivity contribution is 6.14. The van der Waals surface area contributed by atoms with Gasteiger partial charge in [0.2, 0.25) is 5.78 Å². The number of nitrogens with zero attached hydrogens (tertiary/aromatic N) is 1. The highest BCUT2D eigenvalue weighted by Crippen LogP contribution is 2.25. The van der Waals surface area contributed by atoms with Crippen molar-refractivity contribution in [2.45, 2.75) is 6.92 Å². The predicted octanol–water partition coefficient (Wildman–Crippen LogP) is 2.80. The largest absolute Gasteiger partial charge is 0.465 e. The summed E-state index contributed by atoms with van der Waals surface area (Å²) in [7, 11) is 0. The van der Waals surface area contributed by atoms with Crippen molar-refractivity contribution in [3.8, 4) is 0 Å². The van der Waals surface area contributed by atoms with Crippen LogP contribution in [0.5, 0.6) is 0 Å². The van der Waals surface area contributed by atoms with Crippen molar-refractivity contribution in [3.05, 3.63) is 69.8 Å². The summed E-state index contributed by atoms with van der Waals surface area (Å²) in [4.78, 5) is 34.7. The number of para-hydroxylation sites is 2. The third-order valence-corrected chi connectivity index (χ3v) is 3.25. The Balaban J connectivity index is 2.31. The van der Waals surface area contributed by atoms with Gasteiger partial charge >= 0.3 is 5.97 Å². The molecule has 0 aromatic heterocycles. The molecule has 0 atom stereocenters. The van der Waals surface area contributed by atoms with Crippen LogP contribution in [0.4, 0.5) is 11.4 Å². The summed E-state index contributed by atoms with van der Waals surface area (Å²) in [5, 5.41) is 13.9. The van der Waals surface area contributed by atoms with Crippen LogP contribution in [0, 0.1) is 10.1 Å². The maximum absolute atomic E-state index is 12.7. The molecule has 0 spiro atoms. The molecule has 0 saturated heterocycles. The molecule has 0 unspecified atom stereocenters. The minimum Gasteiger partial charge on any atom is -0.465 e. The van der Waals surface area contributed by atoms with Crippen LogP contribution in [-0.2, 0) is 9.53 Å². The van der Waals surface area contributed by atoms with E-state index in [1.165, 1.54) is 18.2 Å². The number of nitro benzene ring substituents is 1. The number of nitro groups is 1. The highest BCUT2D eigenvalue weighted by Gasteiger charge is 2.22. The number of esters is 1. The number of carbonyl (C=O) groups excluding carboxylic acids is 2. The van der Waals surface area contributed by atoms with Gasteiger partial charge in [0.05, 0.1) is 11.5 Å². The van der Waals surface area contributed by atoms with E-state index < -0.39 is 16.7 Å². The van der Waals surface area contributed by atoms with Crippen molar-refractivity contribution in [1.82, 2.24) is 0 Å². The van der Waals surface area contributed by atoms with Crippen molar-refractivity contribution < 1.29 is 19.2 Å². The summed E-state index contributed by atoms with van der Waals surface area (Å²) in [6.45, 7) is 1.86. The summed E-state index contributed by atoms with van der Waals surface area (Å²) < 4.78 is 4.82. The molecule has 0 heterocycles. The first-order chi connectivity index (χ1) is 11.5. The lowest BCUT2D eigenvalue weighted by Crippen LogP contribution is -2.18. The van der Waals surface area contributed by atoms with E-state index in [-0.39, 0.29) is 30.0 Å². The van der Waals surface area contributed by atoms with Crippen LogP contribution >= 0.6 is 0 Å². The first-order valence-electron chi connectivity index (χ1n) is 7.31. The lowest BCUT2D eigenvalue weighted by Gasteiger charge is -2.11. The van der Waals surface area contributed by atoms with Gasteiger partial charge in [0.25, 0.3) is 5.69 Å². The first-order valence-corrected chi connectivity index (χ1v) is 7.31. The Morgan fingerprint density at radius 3 is 2.38 bits per heavy atom. The second-order valence-electron chi connectivity index (χ2n) is 4.81. The van der Waals surface area contributed by atoms with Crippen LogP contribution in [0.2, 0.25) is 0 Å². The zero-order chi connectivity index (χ0) is 17.5. The van der Waals surface area contributed by atoms with Gasteiger partial charge in [-0.2, -0.15) is 0 Å². The standard InChI is InChI=1S/C17H16N2O5/c1-2-24-16(20)11-18-14-9-5-3-7-12(14)17(21)13-8-4-6-10-15(13)19(22)23/h3-10,18H,2,11H2,1H3. The Kier molecular flexibility index (Phi) is 5.62. The Hall–Kier alpha value is -3.22. The Bertz CT molecular complexity index is 773. The van der Waals surface area contributed by atoms with Crippen molar-refractivity contribution in [2.75, 3.05) is 18.5 Å². The topological polar surface area (TPSA) is 98.5 Å². The molecular formula is C17H16N2O5. The molecule has 2 aromatic carbocycles. The molecule has 0 aliphatic carbocycles. The monoisotopic (exact) mass is 328 g/mol. The Morgan fingerprint density at radius 1 is 1.08 bits per heavy atom. The summed E-state index contributed by atoms with van der Waals surface area (Å²) >= 11 is 0. The maximum atomic E-state index is 12.7. The normalized spacial score (nSPS) is 10.0. The van der Waals surface area contributed by atoms with Gasteiger partial charge in [-0.3, -0.25) is 19.7 Å². The van der Waals surface area contributed by atoms with E-state index >= 15 is 0 Å². The van der Waals surface area contributed by atoms with Gasteiger partial charge in [-0.1, -0.05) is 24.3 Å². The van der Waals surface area contributed by atoms with Crippen LogP contribution < -0.4 is 5.32 Å². The molecule has 0 aliphatic heterocycles. The molecule has 0 amide bonds. The predicted molar refractivity (Wildman–Crippen MR) is 88.1 cm³/mol. The first kappa shape index (κ1) is 17.1. The molecule has 2 aromatic rings. The third-order valence-electron chi connectivity index (χ3n) is 3.25. The van der Waals surface area contributed by atoms with Gasteiger partial charge in [-0.05, 0) is 25.1 Å². The fourth-order valence-corrected chi connectivity index (χ4v) is 2.18. The zero-order valence-corrected chi connectivity index (χ0v) is 13.0. The van der Waals surface area contributed by atoms with E-state index in [0.29, 0.717) is 5.69 Å². The molecule has 1 N–H and O–H groups in total. The van der Waals surface area contributed by atoms with Gasteiger partial charge in [0, 0.05) is 17.3 Å². The molecular weight excluding hydrogens is 312 g/mol. The van der Waals surface area contributed by atoms with Gasteiger partial charge in [0.15, 0.2) is 0 Å². The molecule has 0 aliphatic rings. The smallest absolute Gasteiger partial charge is 0.325 e. The minimum atomic E-state index is -0.595. The van der Waals surface area contributed by atoms with Gasteiger partial charge in [-0.25, -0.2) is 0 Å². The van der Waals surface area contributed by atoms with Gasteiger partial charge in [0.1, 0.15) is 12.1 Å². The van der Waals surface area contributed by atoms with Crippen molar-refractivity contribution in [3.63, 3.8) is 0 Å². The number of ether oxygens (including phenoxy) is 1. The molecule has 2 rings (SSSR count). The molecule has 124 valence electrons. The molecule has 0 saturated carbocycles. The van der Waals surface area contributed by atoms with Crippen molar-refractivity contribution in [1.29, 1.82) is 0 Å². The van der Waals surface area contributed by atoms with E-state index in [1.807, 2.05) is 0 Å². The van der Waals surface area contributed by atoms with Crippen LogP contribution in [0.25, 0.3) is 0 Å². The number of ketones is 1. The molecule has 0 radical (unpaired) electrons. The average molecular weight is 328 g/mol. The number of anilines is 1. The molecule has 0 fully saturated rings. The minimum absolute atomic E-state index is 0.00659. The average Bonchev–Trinajstić information content (AvgIpc) is 2.60. The molecule has 7 nitrogen and oxygen atoms in total. The second-order valence-corrected chi connectivity index (χ2v) is 4.81. The molecule has 0 bridgehead atoms. The van der Waals surface area contributed by atoms with E-state index in [1.54, 1.807) is 37.3 Å². The molecule has 24 heavy (non-hydrogen) atoms. The molecule has 7 heteroatoms. The van der Waals surface area contributed by atoms with Crippen molar-refractivity contribution in [2.24, 2.45) is 0 Å². The fraction of sp³-hybridized carbons (Fsp3) is 0.176. The second kappa shape index (κ2) is 7.87. The van der Waals surface area contributed by atoms with Crippen LogP contribution in [0.15, 0.2) is 48.5 Å². The third kappa shape index (κ3) is 3.95. The number of benzene rings is 2. The zero-order valence-electron chi connectivity index (χ0n) is 13.0. The lowest BCUT2D eigenvalue weighted by molar-refractivity contribution is -0.385. The van der Waals surface area contributed by atoms with E-state index in [0.717, 1.165) is 0 Å². The van der Waals surface area contributed by atoms with Gasteiger partial charge < -0.3 is 10.1 Å². The summed E-state index contributed by atoms with van der Waals surface area (Å²) in [6, 6.07) is 12.3. The van der Waals surface area contributed by atoms with E-state index in [9.17, 15) is 19.7 Å². The van der Waals surface area contributed by atoms with E-state index in [4.69, 9.17) is 4.74 Å². The van der Waals surface area contributed by atoms with E-state index in [2.05, 4.69) is 5.32 Å². The number of hydrogen-bond acceptors (Lipinski definition) is 6. The number of rotatable bonds is 7. The Morgan fingerprint density at radius 2 is 1.71 bits per heavy atom. The highest BCUT2D eigenvalue weighted by atomic mass is 16.6. The summed E-state index contributed by atoms with van der Waals surface area (Å²) in [5.74, 6) is -0.945. The quantitative estimate of drug-likeness (QED) is 0.363. The number of hydrogen-bond donors (Lipinski definition) is 1. The van der Waals surface area contributed by atoms with Crippen LogP contribution in [0.1, 0.15) is 22.8 Å². The number of nitrogens with one attached hydrogen (secondary N) is 1. The summed E-state index contributed by atoms with van der Waals surface area (Å²) in [5.41, 5.74) is 0.389. The SMILES string of the molecule is CCOC(=O)CNc1ccccc1C(=O)c1ccccc1[N+](=O)[O-]. The van der Waals surface area contributed by atoms with Crippen LogP contribution in [-0.4, -0.2) is 29.8 Å². The lowest BCUT2D eigenvalue weighted by atomic mass is 10.00. The summed E-state index contributed by atoms with van der Waals surface area (Å²) in [6.07, 6.45) is 0. The van der Waals surface area contributed by atoms with Crippen molar-refractivity contribution >= 4 is 23.1 Å². The fourth-order valence-electron chi connectivity index (χ4n) is 2.18. The van der Waals surface area contributed by atoms with Gasteiger partial charge in [-0.15, -0.1) is 0 Å². The van der Waals surface area contributed by atoms with Crippen LogP contribution in [0.3, 0.4) is 0 Å².